The molecule has 0 saturated carbocycles. The molecule has 2 heterocycles. The van der Waals surface area contributed by atoms with E-state index in [1.54, 1.807) is 4.68 Å². The molecule has 1 aliphatic heterocycles. The van der Waals surface area contributed by atoms with Crippen molar-refractivity contribution < 1.29 is 13.2 Å². The number of aryl methyl sites for hydroxylation is 2. The number of likely N-dealkylation sites (tertiary alicyclic amines) is 1. The molecule has 1 aromatic heterocycles. The molecule has 20 heavy (non-hydrogen) atoms. The van der Waals surface area contributed by atoms with Crippen LogP contribution in [0, 0.1) is 5.92 Å². The van der Waals surface area contributed by atoms with E-state index >= 15 is 0 Å². The Bertz CT molecular complexity index is 470. The third-order valence-corrected chi connectivity index (χ3v) is 4.76. The minimum atomic E-state index is -4.09. The van der Waals surface area contributed by atoms with Crippen molar-refractivity contribution in [1.82, 2.24) is 14.7 Å². The minimum Gasteiger partial charge on any atom is -0.297 e. The Morgan fingerprint density at radius 3 is 2.65 bits per heavy atom. The molecule has 1 unspecified atom stereocenters. The number of hydrogen-bond donors (Lipinski definition) is 0. The second-order valence-electron chi connectivity index (χ2n) is 5.30. The fourth-order valence-electron chi connectivity index (χ4n) is 2.67. The van der Waals surface area contributed by atoms with Gasteiger partial charge in [0.15, 0.2) is 0 Å². The van der Waals surface area contributed by atoms with Crippen LogP contribution in [-0.4, -0.2) is 33.9 Å². The van der Waals surface area contributed by atoms with Crippen LogP contribution >= 0.6 is 15.9 Å². The highest BCUT2D eigenvalue weighted by Crippen LogP contribution is 2.34. The van der Waals surface area contributed by atoms with Crippen LogP contribution in [0.25, 0.3) is 0 Å². The van der Waals surface area contributed by atoms with Gasteiger partial charge in [-0.15, -0.1) is 0 Å². The maximum Gasteiger partial charge on any atom is 0.393 e. The summed E-state index contributed by atoms with van der Waals surface area (Å²) < 4.78 is 41.1. The van der Waals surface area contributed by atoms with Crippen LogP contribution in [0.1, 0.15) is 31.2 Å². The zero-order valence-electron chi connectivity index (χ0n) is 11.7. The highest BCUT2D eigenvalue weighted by molar-refractivity contribution is 9.10. The summed E-state index contributed by atoms with van der Waals surface area (Å²) >= 11 is 3.51. The van der Waals surface area contributed by atoms with Crippen LogP contribution in [0.5, 0.6) is 0 Å². The van der Waals surface area contributed by atoms with Crippen molar-refractivity contribution in [1.29, 1.82) is 0 Å². The molecule has 0 aromatic carbocycles. The Labute approximate surface area is 125 Å². The number of halogens is 4. The Morgan fingerprint density at radius 1 is 1.40 bits per heavy atom. The largest absolute Gasteiger partial charge is 0.393 e. The predicted molar refractivity (Wildman–Crippen MR) is 74.3 cm³/mol. The molecule has 1 atom stereocenters. The molecule has 1 saturated heterocycles. The molecule has 0 aliphatic carbocycles. The summed E-state index contributed by atoms with van der Waals surface area (Å²) in [6.45, 7) is 3.32. The maximum absolute atomic E-state index is 12.8. The lowest BCUT2D eigenvalue weighted by atomic mass is 9.97. The van der Waals surface area contributed by atoms with E-state index in [1.807, 2.05) is 18.9 Å². The summed E-state index contributed by atoms with van der Waals surface area (Å²) in [4.78, 5) is 1.88. The number of piperidine rings is 1. The standard InChI is InChI=1S/C13H19BrF3N3/c1-3-10-12(14)11(19(2)18-10)8-20-6-4-5-9(7-20)13(15,16)17/h9H,3-8H2,1-2H3. The lowest BCUT2D eigenvalue weighted by molar-refractivity contribution is -0.187. The van der Waals surface area contributed by atoms with Gasteiger partial charge in [-0.3, -0.25) is 9.58 Å². The Balaban J connectivity index is 2.08. The van der Waals surface area contributed by atoms with Crippen molar-refractivity contribution in [2.24, 2.45) is 13.0 Å². The molecule has 0 N–H and O–H groups in total. The molecule has 0 bridgehead atoms. The van der Waals surface area contributed by atoms with Gasteiger partial charge in [-0.2, -0.15) is 18.3 Å². The number of alkyl halides is 3. The second kappa shape index (κ2) is 6.05. The predicted octanol–water partition coefficient (Wildman–Crippen LogP) is 3.52. The van der Waals surface area contributed by atoms with Crippen molar-refractivity contribution in [3.05, 3.63) is 15.9 Å². The van der Waals surface area contributed by atoms with Crippen LogP contribution < -0.4 is 0 Å². The Kier molecular flexibility index (Phi) is 4.79. The molecule has 3 nitrogen and oxygen atoms in total. The molecule has 2 rings (SSSR count). The molecule has 1 aliphatic rings. The third kappa shape index (κ3) is 3.36. The normalized spacial score (nSPS) is 21.4. The van der Waals surface area contributed by atoms with E-state index in [0.29, 0.717) is 19.5 Å². The fraction of sp³-hybridized carbons (Fsp3) is 0.769. The SMILES string of the molecule is CCc1nn(C)c(CN2CCCC(C(F)(F)F)C2)c1Br. The van der Waals surface area contributed by atoms with E-state index in [0.717, 1.165) is 22.3 Å². The van der Waals surface area contributed by atoms with Crippen LogP contribution in [0.4, 0.5) is 13.2 Å². The topological polar surface area (TPSA) is 21.1 Å². The van der Waals surface area contributed by atoms with Gasteiger partial charge >= 0.3 is 6.18 Å². The van der Waals surface area contributed by atoms with Crippen molar-refractivity contribution in [3.63, 3.8) is 0 Å². The molecule has 114 valence electrons. The minimum absolute atomic E-state index is 0.0859. The van der Waals surface area contributed by atoms with E-state index in [4.69, 9.17) is 0 Å². The number of hydrogen-bond acceptors (Lipinski definition) is 2. The van der Waals surface area contributed by atoms with E-state index in [9.17, 15) is 13.2 Å². The van der Waals surface area contributed by atoms with E-state index in [-0.39, 0.29) is 13.0 Å². The fourth-order valence-corrected chi connectivity index (χ4v) is 3.41. The second-order valence-corrected chi connectivity index (χ2v) is 6.09. The molecule has 0 radical (unpaired) electrons. The van der Waals surface area contributed by atoms with Crippen LogP contribution in [0.3, 0.4) is 0 Å². The van der Waals surface area contributed by atoms with Crippen molar-refractivity contribution in [2.45, 2.75) is 38.9 Å². The third-order valence-electron chi connectivity index (χ3n) is 3.84. The van der Waals surface area contributed by atoms with Gasteiger partial charge in [0, 0.05) is 20.1 Å². The first-order valence-corrected chi connectivity index (χ1v) is 7.61. The van der Waals surface area contributed by atoms with Gasteiger partial charge in [0.2, 0.25) is 0 Å². The summed E-state index contributed by atoms with van der Waals surface area (Å²) in [5.74, 6) is -1.20. The van der Waals surface area contributed by atoms with Crippen molar-refractivity contribution in [3.8, 4) is 0 Å². The number of rotatable bonds is 3. The van der Waals surface area contributed by atoms with Crippen LogP contribution in [0.2, 0.25) is 0 Å². The molecular weight excluding hydrogens is 335 g/mol. The Hall–Kier alpha value is -0.560. The van der Waals surface area contributed by atoms with Crippen LogP contribution in [-0.2, 0) is 20.0 Å². The molecule has 0 amide bonds. The average molecular weight is 354 g/mol. The van der Waals surface area contributed by atoms with Gasteiger partial charge in [0.05, 0.1) is 21.8 Å². The smallest absolute Gasteiger partial charge is 0.297 e. The summed E-state index contributed by atoms with van der Waals surface area (Å²) in [6, 6.07) is 0. The van der Waals surface area contributed by atoms with Gasteiger partial charge in [-0.05, 0) is 41.7 Å². The first kappa shape index (κ1) is 15.8. The highest BCUT2D eigenvalue weighted by atomic mass is 79.9. The summed E-state index contributed by atoms with van der Waals surface area (Å²) in [7, 11) is 1.84. The summed E-state index contributed by atoms with van der Waals surface area (Å²) in [5.41, 5.74) is 1.90. The number of nitrogens with zero attached hydrogens (tertiary/aromatic N) is 3. The van der Waals surface area contributed by atoms with Crippen molar-refractivity contribution in [2.75, 3.05) is 13.1 Å². The monoisotopic (exact) mass is 353 g/mol. The van der Waals surface area contributed by atoms with E-state index < -0.39 is 12.1 Å². The number of aromatic nitrogens is 2. The van der Waals surface area contributed by atoms with Gasteiger partial charge in [-0.25, -0.2) is 0 Å². The zero-order valence-corrected chi connectivity index (χ0v) is 13.3. The molecule has 1 aromatic rings. The Morgan fingerprint density at radius 2 is 2.10 bits per heavy atom. The van der Waals surface area contributed by atoms with Gasteiger partial charge in [0.1, 0.15) is 0 Å². The molecular formula is C13H19BrF3N3. The molecule has 1 fully saturated rings. The zero-order chi connectivity index (χ0) is 14.9. The van der Waals surface area contributed by atoms with Crippen LogP contribution in [0.15, 0.2) is 4.47 Å². The lowest BCUT2D eigenvalue weighted by Gasteiger charge is -2.33. The molecule has 0 spiro atoms. The summed E-state index contributed by atoms with van der Waals surface area (Å²) in [5, 5.41) is 4.38. The van der Waals surface area contributed by atoms with E-state index in [2.05, 4.69) is 21.0 Å². The van der Waals surface area contributed by atoms with E-state index in [1.165, 1.54) is 0 Å². The average Bonchev–Trinajstić information content (AvgIpc) is 2.65. The van der Waals surface area contributed by atoms with Crippen molar-refractivity contribution >= 4 is 15.9 Å². The highest BCUT2D eigenvalue weighted by Gasteiger charge is 2.41. The maximum atomic E-state index is 12.8. The quantitative estimate of drug-likeness (QED) is 0.828. The molecule has 7 heteroatoms. The van der Waals surface area contributed by atoms with Gasteiger partial charge in [0.25, 0.3) is 0 Å². The first-order chi connectivity index (χ1) is 9.32. The van der Waals surface area contributed by atoms with Gasteiger partial charge < -0.3 is 0 Å². The lowest BCUT2D eigenvalue weighted by Crippen LogP contribution is -2.41. The summed E-state index contributed by atoms with van der Waals surface area (Å²) in [6.07, 6.45) is -2.44. The van der Waals surface area contributed by atoms with Gasteiger partial charge in [-0.1, -0.05) is 6.92 Å². The first-order valence-electron chi connectivity index (χ1n) is 6.82.